The Morgan fingerprint density at radius 2 is 1.50 bits per heavy atom. The molecule has 0 aliphatic rings. The largest absolute Gasteiger partial charge is 0.387 e. The van der Waals surface area contributed by atoms with Crippen molar-refractivity contribution >= 4 is 5.91 Å². The van der Waals surface area contributed by atoms with Gasteiger partial charge in [-0.2, -0.15) is 0 Å². The second-order valence-electron chi connectivity index (χ2n) is 5.74. The van der Waals surface area contributed by atoms with Crippen molar-refractivity contribution in [2.45, 2.75) is 31.8 Å². The molecule has 0 bridgehead atoms. The van der Waals surface area contributed by atoms with E-state index in [1.54, 1.807) is 13.8 Å². The summed E-state index contributed by atoms with van der Waals surface area (Å²) in [5, 5.41) is 13.8. The zero-order chi connectivity index (χ0) is 16.0. The van der Waals surface area contributed by atoms with Crippen LogP contribution in [0.4, 0.5) is 0 Å². The highest BCUT2D eigenvalue weighted by Gasteiger charge is 2.34. The van der Waals surface area contributed by atoms with Crippen LogP contribution in [-0.4, -0.2) is 23.2 Å². The van der Waals surface area contributed by atoms with E-state index in [9.17, 15) is 9.90 Å². The van der Waals surface area contributed by atoms with Crippen molar-refractivity contribution in [1.29, 1.82) is 0 Å². The minimum atomic E-state index is -1.08. The van der Waals surface area contributed by atoms with Gasteiger partial charge >= 0.3 is 0 Å². The maximum absolute atomic E-state index is 11.5. The molecule has 2 N–H and O–H groups in total. The van der Waals surface area contributed by atoms with Gasteiger partial charge in [0, 0.05) is 18.9 Å². The summed E-state index contributed by atoms with van der Waals surface area (Å²) < 4.78 is 0. The first-order valence-corrected chi connectivity index (χ1v) is 7.63. The lowest BCUT2D eigenvalue weighted by molar-refractivity contribution is -0.122. The van der Waals surface area contributed by atoms with Crippen LogP contribution < -0.4 is 5.32 Å². The smallest absolute Gasteiger partial charge is 0.219 e. The molecule has 0 aromatic heterocycles. The lowest BCUT2D eigenvalue weighted by atomic mass is 9.78. The summed E-state index contributed by atoms with van der Waals surface area (Å²) in [7, 11) is 0. The Kier molecular flexibility index (Phi) is 5.34. The number of aliphatic hydroxyl groups is 1. The van der Waals surface area contributed by atoms with Gasteiger partial charge in [0.05, 0.1) is 5.60 Å². The number of nitrogens with one attached hydrogen (secondary N) is 1. The van der Waals surface area contributed by atoms with Crippen LogP contribution in [0.1, 0.15) is 37.3 Å². The lowest BCUT2D eigenvalue weighted by Gasteiger charge is -2.34. The molecule has 0 aliphatic carbocycles. The molecule has 2 aromatic carbocycles. The van der Waals surface area contributed by atoms with E-state index < -0.39 is 5.60 Å². The van der Waals surface area contributed by atoms with Crippen LogP contribution >= 0.6 is 0 Å². The Labute approximate surface area is 132 Å². The molecule has 0 radical (unpaired) electrons. The second-order valence-corrected chi connectivity index (χ2v) is 5.74. The van der Waals surface area contributed by atoms with Gasteiger partial charge in [-0.15, -0.1) is 0 Å². The van der Waals surface area contributed by atoms with E-state index in [2.05, 4.69) is 5.32 Å². The van der Waals surface area contributed by atoms with Gasteiger partial charge in [0.25, 0.3) is 0 Å². The van der Waals surface area contributed by atoms with Crippen LogP contribution in [0.3, 0.4) is 0 Å². The summed E-state index contributed by atoms with van der Waals surface area (Å²) >= 11 is 0. The van der Waals surface area contributed by atoms with Crippen LogP contribution in [0.5, 0.6) is 0 Å². The minimum absolute atomic E-state index is 0.0554. The fourth-order valence-corrected chi connectivity index (χ4v) is 2.71. The lowest BCUT2D eigenvalue weighted by Crippen LogP contribution is -2.45. The number of carbonyl (C=O) groups excluding carboxylic acids is 1. The molecule has 2 rings (SSSR count). The predicted molar refractivity (Wildman–Crippen MR) is 88.7 cm³/mol. The quantitative estimate of drug-likeness (QED) is 0.861. The van der Waals surface area contributed by atoms with E-state index in [1.807, 2.05) is 60.7 Å². The molecule has 0 heterocycles. The number of benzene rings is 2. The second kappa shape index (κ2) is 7.23. The molecule has 3 heteroatoms. The Morgan fingerprint density at radius 1 is 1.05 bits per heavy atom. The molecule has 1 atom stereocenters. The first-order valence-electron chi connectivity index (χ1n) is 7.63. The third-order valence-corrected chi connectivity index (χ3v) is 3.85. The Bertz CT molecular complexity index is 554. The molecule has 3 nitrogen and oxygen atoms in total. The first-order chi connectivity index (χ1) is 10.5. The van der Waals surface area contributed by atoms with E-state index in [0.717, 1.165) is 11.1 Å². The molecule has 0 saturated carbocycles. The van der Waals surface area contributed by atoms with Gasteiger partial charge < -0.3 is 10.4 Å². The third-order valence-electron chi connectivity index (χ3n) is 3.85. The van der Waals surface area contributed by atoms with E-state index >= 15 is 0 Å². The van der Waals surface area contributed by atoms with E-state index in [4.69, 9.17) is 0 Å². The summed E-state index contributed by atoms with van der Waals surface area (Å²) in [5.74, 6) is -0.257. The molecule has 22 heavy (non-hydrogen) atoms. The van der Waals surface area contributed by atoms with E-state index in [-0.39, 0.29) is 18.4 Å². The molecule has 0 unspecified atom stereocenters. The van der Waals surface area contributed by atoms with Gasteiger partial charge in [-0.05, 0) is 18.1 Å². The van der Waals surface area contributed by atoms with Gasteiger partial charge in [0.15, 0.2) is 0 Å². The highest BCUT2D eigenvalue weighted by atomic mass is 16.3. The van der Waals surface area contributed by atoms with Crippen LogP contribution in [0.25, 0.3) is 0 Å². The average molecular weight is 297 g/mol. The number of amides is 1. The van der Waals surface area contributed by atoms with Crippen LogP contribution in [-0.2, 0) is 4.79 Å². The standard InChI is InChI=1S/C19H23NO2/c1-3-17(21)20-14-19(2,22)18(15-10-6-4-7-11-15)16-12-8-5-9-13-16/h4-13,18,22H,3,14H2,1-2H3,(H,20,21)/t19-/m0/s1. The summed E-state index contributed by atoms with van der Waals surface area (Å²) in [5.41, 5.74) is 0.988. The van der Waals surface area contributed by atoms with Gasteiger partial charge in [0.2, 0.25) is 5.91 Å². The molecular weight excluding hydrogens is 274 g/mol. The van der Waals surface area contributed by atoms with Crippen molar-refractivity contribution in [3.63, 3.8) is 0 Å². The SMILES string of the molecule is CCC(=O)NC[C@](C)(O)C(c1ccccc1)c1ccccc1. The van der Waals surface area contributed by atoms with Crippen molar-refractivity contribution in [1.82, 2.24) is 5.32 Å². The Balaban J connectivity index is 2.34. The van der Waals surface area contributed by atoms with Gasteiger partial charge in [0.1, 0.15) is 0 Å². The Morgan fingerprint density at radius 3 is 1.91 bits per heavy atom. The molecule has 0 fully saturated rings. The summed E-state index contributed by atoms with van der Waals surface area (Å²) in [6, 6.07) is 19.8. The molecule has 116 valence electrons. The maximum Gasteiger partial charge on any atom is 0.219 e. The van der Waals surface area contributed by atoms with Crippen molar-refractivity contribution < 1.29 is 9.90 Å². The molecule has 0 aliphatic heterocycles. The number of carbonyl (C=O) groups is 1. The van der Waals surface area contributed by atoms with Crippen molar-refractivity contribution in [2.24, 2.45) is 0 Å². The monoisotopic (exact) mass is 297 g/mol. The van der Waals surface area contributed by atoms with Crippen molar-refractivity contribution in [2.75, 3.05) is 6.54 Å². The predicted octanol–water partition coefficient (Wildman–Crippen LogP) is 3.10. The molecule has 0 saturated heterocycles. The van der Waals surface area contributed by atoms with Crippen molar-refractivity contribution in [3.8, 4) is 0 Å². The average Bonchev–Trinajstić information content (AvgIpc) is 2.54. The number of hydrogen-bond donors (Lipinski definition) is 2. The maximum atomic E-state index is 11.5. The highest BCUT2D eigenvalue weighted by Crippen LogP contribution is 2.34. The van der Waals surface area contributed by atoms with Crippen molar-refractivity contribution in [3.05, 3.63) is 71.8 Å². The fraction of sp³-hybridized carbons (Fsp3) is 0.316. The number of hydrogen-bond acceptors (Lipinski definition) is 2. The zero-order valence-electron chi connectivity index (χ0n) is 13.1. The molecular formula is C19H23NO2. The highest BCUT2D eigenvalue weighted by molar-refractivity contribution is 5.75. The molecule has 2 aromatic rings. The molecule has 1 amide bonds. The number of rotatable bonds is 6. The molecule has 0 spiro atoms. The Hall–Kier alpha value is -2.13. The van der Waals surface area contributed by atoms with Crippen LogP contribution in [0, 0.1) is 0 Å². The van der Waals surface area contributed by atoms with E-state index in [1.165, 1.54) is 0 Å². The van der Waals surface area contributed by atoms with Gasteiger partial charge in [-0.3, -0.25) is 4.79 Å². The van der Waals surface area contributed by atoms with Crippen LogP contribution in [0.15, 0.2) is 60.7 Å². The van der Waals surface area contributed by atoms with Crippen LogP contribution in [0.2, 0.25) is 0 Å². The minimum Gasteiger partial charge on any atom is -0.387 e. The first kappa shape index (κ1) is 16.2. The normalized spacial score (nSPS) is 13.6. The van der Waals surface area contributed by atoms with E-state index in [0.29, 0.717) is 6.42 Å². The zero-order valence-corrected chi connectivity index (χ0v) is 13.1. The summed E-state index contributed by atoms with van der Waals surface area (Å²) in [6.07, 6.45) is 0.414. The van der Waals surface area contributed by atoms with Gasteiger partial charge in [-0.1, -0.05) is 67.6 Å². The summed E-state index contributed by atoms with van der Waals surface area (Å²) in [4.78, 5) is 11.5. The van der Waals surface area contributed by atoms with Gasteiger partial charge in [-0.25, -0.2) is 0 Å². The fourth-order valence-electron chi connectivity index (χ4n) is 2.71. The third kappa shape index (κ3) is 3.95. The topological polar surface area (TPSA) is 49.3 Å². The summed E-state index contributed by atoms with van der Waals surface area (Å²) in [6.45, 7) is 3.79.